The molecule has 0 aromatic carbocycles. The Kier molecular flexibility index (Phi) is 2.26. The van der Waals surface area contributed by atoms with Gasteiger partial charge >= 0.3 is 0 Å². The third kappa shape index (κ3) is 1.45. The minimum Gasteiger partial charge on any atom is -0.355 e. The largest absolute Gasteiger partial charge is 0.355 e. The zero-order valence-corrected chi connectivity index (χ0v) is 9.70. The van der Waals surface area contributed by atoms with Gasteiger partial charge in [-0.3, -0.25) is 4.57 Å². The number of nitrogens with one attached hydrogen (secondary N) is 1. The molecule has 0 saturated carbocycles. The Morgan fingerprint density at radius 3 is 3.12 bits per heavy atom. The van der Waals surface area contributed by atoms with Crippen molar-refractivity contribution in [3.8, 4) is 0 Å². The molecule has 2 aromatic heterocycles. The molecule has 0 aliphatic carbocycles. The number of rotatable bonds is 1. The fraction of sp³-hybridized carbons (Fsp3) is 0.500. The number of aromatic amines is 1. The first kappa shape index (κ1) is 9.92. The minimum absolute atomic E-state index is 0.0630. The number of aromatic nitrogens is 4. The number of ether oxygens (including phenoxy) is 1. The maximum Gasteiger partial charge on any atom is 0.157 e. The van der Waals surface area contributed by atoms with Crippen molar-refractivity contribution in [3.05, 3.63) is 17.3 Å². The van der Waals surface area contributed by atoms with Crippen molar-refractivity contribution in [1.82, 2.24) is 19.5 Å². The topological polar surface area (TPSA) is 55.7 Å². The van der Waals surface area contributed by atoms with Crippen molar-refractivity contribution in [3.63, 3.8) is 0 Å². The Morgan fingerprint density at radius 2 is 2.38 bits per heavy atom. The second-order valence-electron chi connectivity index (χ2n) is 4.04. The van der Waals surface area contributed by atoms with Crippen LogP contribution >= 0.6 is 12.2 Å². The molecule has 1 fully saturated rings. The lowest BCUT2D eigenvalue weighted by atomic mass is 10.2. The summed E-state index contributed by atoms with van der Waals surface area (Å²) >= 11 is 5.12. The molecular weight excluding hydrogens is 224 g/mol. The molecule has 2 unspecified atom stereocenters. The van der Waals surface area contributed by atoms with Gasteiger partial charge in [-0.1, -0.05) is 12.2 Å². The summed E-state index contributed by atoms with van der Waals surface area (Å²) in [5.74, 6) is 0. The van der Waals surface area contributed by atoms with E-state index in [0.717, 1.165) is 24.0 Å². The van der Waals surface area contributed by atoms with Crippen LogP contribution in [0.5, 0.6) is 0 Å². The summed E-state index contributed by atoms with van der Waals surface area (Å²) in [6.07, 6.45) is 5.83. The molecule has 0 spiro atoms. The number of fused-ring (bicyclic) bond motifs is 1. The quantitative estimate of drug-likeness (QED) is 0.771. The van der Waals surface area contributed by atoms with E-state index in [1.807, 2.05) is 4.57 Å². The Labute approximate surface area is 97.5 Å². The summed E-state index contributed by atoms with van der Waals surface area (Å²) in [4.78, 5) is 11.4. The van der Waals surface area contributed by atoms with Crippen molar-refractivity contribution in [1.29, 1.82) is 0 Å². The average molecular weight is 236 g/mol. The normalized spacial score (nSPS) is 25.3. The minimum atomic E-state index is 0.0630. The summed E-state index contributed by atoms with van der Waals surface area (Å²) in [6.45, 7) is 2.09. The van der Waals surface area contributed by atoms with Crippen molar-refractivity contribution in [2.75, 3.05) is 0 Å². The molecule has 16 heavy (non-hydrogen) atoms. The third-order valence-corrected chi connectivity index (χ3v) is 3.20. The van der Waals surface area contributed by atoms with Gasteiger partial charge in [0, 0.05) is 0 Å². The lowest BCUT2D eigenvalue weighted by Gasteiger charge is -2.13. The van der Waals surface area contributed by atoms with Crippen LogP contribution in [-0.4, -0.2) is 25.6 Å². The molecule has 6 heteroatoms. The second kappa shape index (κ2) is 3.64. The van der Waals surface area contributed by atoms with Crippen LogP contribution in [0.15, 0.2) is 12.7 Å². The monoisotopic (exact) mass is 236 g/mol. The summed E-state index contributed by atoms with van der Waals surface area (Å²) in [7, 11) is 0. The average Bonchev–Trinajstić information content (AvgIpc) is 2.84. The van der Waals surface area contributed by atoms with Crippen LogP contribution in [-0.2, 0) is 4.74 Å². The van der Waals surface area contributed by atoms with E-state index < -0.39 is 0 Å². The highest BCUT2D eigenvalue weighted by atomic mass is 32.1. The van der Waals surface area contributed by atoms with Crippen molar-refractivity contribution in [2.24, 2.45) is 0 Å². The van der Waals surface area contributed by atoms with Crippen LogP contribution < -0.4 is 0 Å². The molecule has 1 aliphatic heterocycles. The summed E-state index contributed by atoms with van der Waals surface area (Å²) < 4.78 is 8.32. The molecule has 1 N–H and O–H groups in total. The van der Waals surface area contributed by atoms with Crippen molar-refractivity contribution in [2.45, 2.75) is 32.1 Å². The Hall–Kier alpha value is -1.27. The Morgan fingerprint density at radius 1 is 1.50 bits per heavy atom. The van der Waals surface area contributed by atoms with Gasteiger partial charge in [-0.05, 0) is 19.8 Å². The number of hydrogen-bond acceptors (Lipinski definition) is 4. The van der Waals surface area contributed by atoms with Gasteiger partial charge in [-0.15, -0.1) is 0 Å². The fourth-order valence-corrected chi connectivity index (χ4v) is 2.28. The molecule has 2 atom stereocenters. The highest BCUT2D eigenvalue weighted by Gasteiger charge is 2.24. The second-order valence-corrected chi connectivity index (χ2v) is 4.42. The maximum absolute atomic E-state index is 5.80. The van der Waals surface area contributed by atoms with E-state index in [4.69, 9.17) is 17.0 Å². The molecule has 3 rings (SSSR count). The maximum atomic E-state index is 5.80. The Balaban J connectivity index is 2.11. The molecular formula is C10H12N4OS. The van der Waals surface area contributed by atoms with E-state index in [0.29, 0.717) is 10.7 Å². The first-order valence-electron chi connectivity index (χ1n) is 5.31. The van der Waals surface area contributed by atoms with E-state index in [-0.39, 0.29) is 6.23 Å². The standard InChI is InChI=1S/C10H12N4OS/c1-6-2-3-7(15-6)14-5-13-8-9(14)11-4-12-10(8)16/h4-7H,2-3H2,1H3,(H,11,12,16). The summed E-state index contributed by atoms with van der Waals surface area (Å²) in [5.41, 5.74) is 1.62. The van der Waals surface area contributed by atoms with Crippen LogP contribution in [0.2, 0.25) is 0 Å². The first-order chi connectivity index (χ1) is 7.75. The molecule has 2 aromatic rings. The van der Waals surface area contributed by atoms with E-state index in [1.165, 1.54) is 0 Å². The molecule has 3 heterocycles. The molecule has 0 amide bonds. The van der Waals surface area contributed by atoms with E-state index in [9.17, 15) is 0 Å². The number of imidazole rings is 1. The number of nitrogens with zero attached hydrogens (tertiary/aromatic N) is 3. The Bertz CT molecular complexity index is 575. The molecule has 0 bridgehead atoms. The van der Waals surface area contributed by atoms with Gasteiger partial charge in [0.05, 0.1) is 18.8 Å². The summed E-state index contributed by atoms with van der Waals surface area (Å²) in [6, 6.07) is 0. The van der Waals surface area contributed by atoms with E-state index >= 15 is 0 Å². The van der Waals surface area contributed by atoms with Crippen LogP contribution in [0.3, 0.4) is 0 Å². The summed E-state index contributed by atoms with van der Waals surface area (Å²) in [5, 5.41) is 0. The van der Waals surface area contributed by atoms with Crippen LogP contribution in [0, 0.1) is 4.64 Å². The zero-order valence-electron chi connectivity index (χ0n) is 8.88. The molecule has 1 aliphatic rings. The third-order valence-electron chi connectivity index (χ3n) is 2.90. The predicted octanol–water partition coefficient (Wildman–Crippen LogP) is 2.19. The SMILES string of the molecule is CC1CCC(n2cnc3c(=S)nc[nH]c32)O1. The number of hydrogen-bond donors (Lipinski definition) is 1. The lowest BCUT2D eigenvalue weighted by Crippen LogP contribution is -2.08. The zero-order chi connectivity index (χ0) is 11.1. The van der Waals surface area contributed by atoms with Crippen LogP contribution in [0.1, 0.15) is 26.0 Å². The van der Waals surface area contributed by atoms with Gasteiger partial charge in [0.25, 0.3) is 0 Å². The predicted molar refractivity (Wildman–Crippen MR) is 61.5 cm³/mol. The van der Waals surface area contributed by atoms with E-state index in [1.54, 1.807) is 12.7 Å². The lowest BCUT2D eigenvalue weighted by molar-refractivity contribution is 0.0131. The van der Waals surface area contributed by atoms with Crippen molar-refractivity contribution < 1.29 is 4.74 Å². The molecule has 1 saturated heterocycles. The molecule has 5 nitrogen and oxygen atoms in total. The van der Waals surface area contributed by atoms with Crippen LogP contribution in [0.25, 0.3) is 11.2 Å². The fourth-order valence-electron chi connectivity index (χ4n) is 2.08. The highest BCUT2D eigenvalue weighted by molar-refractivity contribution is 7.71. The first-order valence-corrected chi connectivity index (χ1v) is 5.72. The van der Waals surface area contributed by atoms with E-state index in [2.05, 4.69) is 21.9 Å². The van der Waals surface area contributed by atoms with Gasteiger partial charge < -0.3 is 9.72 Å². The van der Waals surface area contributed by atoms with Gasteiger partial charge in [0.2, 0.25) is 0 Å². The molecule has 0 radical (unpaired) electrons. The van der Waals surface area contributed by atoms with Gasteiger partial charge in [-0.25, -0.2) is 9.97 Å². The number of H-pyrrole nitrogens is 1. The highest BCUT2D eigenvalue weighted by Crippen LogP contribution is 2.29. The van der Waals surface area contributed by atoms with Crippen LogP contribution in [0.4, 0.5) is 0 Å². The smallest absolute Gasteiger partial charge is 0.157 e. The van der Waals surface area contributed by atoms with Crippen molar-refractivity contribution >= 4 is 23.4 Å². The van der Waals surface area contributed by atoms with Gasteiger partial charge in [-0.2, -0.15) is 0 Å². The van der Waals surface area contributed by atoms with Gasteiger partial charge in [0.1, 0.15) is 17.4 Å². The molecule has 84 valence electrons. The van der Waals surface area contributed by atoms with Gasteiger partial charge in [0.15, 0.2) is 4.64 Å².